The first-order valence-electron chi connectivity index (χ1n) is 2.83. The van der Waals surface area contributed by atoms with Gasteiger partial charge in [0.15, 0.2) is 5.88 Å². The van der Waals surface area contributed by atoms with Crippen molar-refractivity contribution in [3.63, 3.8) is 0 Å². The van der Waals surface area contributed by atoms with Gasteiger partial charge >= 0.3 is 7.32 Å². The molecular formula is C5H5BFNO3. The van der Waals surface area contributed by atoms with Crippen LogP contribution in [0.1, 0.15) is 0 Å². The minimum Gasteiger partial charge on any atom is -0.498 e. The molecule has 6 heteroatoms. The van der Waals surface area contributed by atoms with Crippen LogP contribution in [0.5, 0.6) is 5.88 Å². The summed E-state index contributed by atoms with van der Waals surface area (Å²) in [6.07, 6.45) is 0.914. The van der Waals surface area contributed by atoms with Crippen LogP contribution >= 0.6 is 0 Å². The lowest BCUT2D eigenvalue weighted by molar-refractivity contribution is 0.283. The summed E-state index contributed by atoms with van der Waals surface area (Å²) in [5.41, 5.74) is 0. The fraction of sp³-hybridized carbons (Fsp3) is 0. The van der Waals surface area contributed by atoms with E-state index >= 15 is 0 Å². The Balaban J connectivity index is 2.66. The third-order valence-corrected chi connectivity index (χ3v) is 0.926. The van der Waals surface area contributed by atoms with Gasteiger partial charge in [-0.3, -0.25) is 0 Å². The zero-order chi connectivity index (χ0) is 8.27. The highest BCUT2D eigenvalue weighted by Gasteiger charge is 2.11. The van der Waals surface area contributed by atoms with Gasteiger partial charge in [0.25, 0.3) is 0 Å². The predicted molar refractivity (Wildman–Crippen MR) is 35.0 cm³/mol. The van der Waals surface area contributed by atoms with E-state index < -0.39 is 13.1 Å². The van der Waals surface area contributed by atoms with Gasteiger partial charge in [0.1, 0.15) is 5.82 Å². The molecule has 0 aromatic carbocycles. The summed E-state index contributed by atoms with van der Waals surface area (Å²) >= 11 is 0. The fourth-order valence-electron chi connectivity index (χ4n) is 0.540. The molecule has 0 saturated heterocycles. The van der Waals surface area contributed by atoms with Gasteiger partial charge in [0, 0.05) is 6.07 Å². The Morgan fingerprint density at radius 3 is 2.64 bits per heavy atom. The average Bonchev–Trinajstić information content (AvgIpc) is 1.93. The first kappa shape index (κ1) is 7.97. The summed E-state index contributed by atoms with van der Waals surface area (Å²) in [4.78, 5) is 3.40. The topological polar surface area (TPSA) is 62.6 Å². The number of hydrogen-bond donors (Lipinski definition) is 2. The Labute approximate surface area is 62.4 Å². The van der Waals surface area contributed by atoms with Crippen LogP contribution in [-0.2, 0) is 0 Å². The molecule has 11 heavy (non-hydrogen) atoms. The van der Waals surface area contributed by atoms with E-state index in [1.165, 1.54) is 6.07 Å². The van der Waals surface area contributed by atoms with Crippen LogP contribution in [0.3, 0.4) is 0 Å². The van der Waals surface area contributed by atoms with Crippen LogP contribution in [0.2, 0.25) is 0 Å². The lowest BCUT2D eigenvalue weighted by Gasteiger charge is -2.00. The van der Waals surface area contributed by atoms with Crippen LogP contribution < -0.4 is 4.65 Å². The maximum absolute atomic E-state index is 12.2. The van der Waals surface area contributed by atoms with Gasteiger partial charge in [0.05, 0.1) is 6.20 Å². The molecule has 58 valence electrons. The lowest BCUT2D eigenvalue weighted by Crippen LogP contribution is -2.21. The zero-order valence-corrected chi connectivity index (χ0v) is 5.44. The first-order valence-corrected chi connectivity index (χ1v) is 2.83. The Bertz CT molecular complexity index is 228. The third-order valence-electron chi connectivity index (χ3n) is 0.926. The van der Waals surface area contributed by atoms with Crippen molar-refractivity contribution in [1.82, 2.24) is 4.98 Å². The van der Waals surface area contributed by atoms with E-state index in [1.54, 1.807) is 0 Å². The zero-order valence-electron chi connectivity index (χ0n) is 5.44. The molecule has 2 N–H and O–H groups in total. The second kappa shape index (κ2) is 3.31. The molecule has 4 nitrogen and oxygen atoms in total. The number of aromatic nitrogens is 1. The highest BCUT2D eigenvalue weighted by atomic mass is 19.1. The number of hydrogen-bond acceptors (Lipinski definition) is 4. The minimum atomic E-state index is -1.92. The van der Waals surface area contributed by atoms with Crippen LogP contribution in [0.25, 0.3) is 0 Å². The molecule has 0 saturated carbocycles. The molecule has 0 fully saturated rings. The highest BCUT2D eigenvalue weighted by Crippen LogP contribution is 2.05. The maximum Gasteiger partial charge on any atom is 0.708 e. The summed E-state index contributed by atoms with van der Waals surface area (Å²) in [6.45, 7) is 0. The van der Waals surface area contributed by atoms with Crippen molar-refractivity contribution in [3.05, 3.63) is 24.1 Å². The summed E-state index contributed by atoms with van der Waals surface area (Å²) in [5, 5.41) is 16.5. The SMILES string of the molecule is OB(O)Oc1ccc(F)cn1. The van der Waals surface area contributed by atoms with Crippen LogP contribution in [0.15, 0.2) is 18.3 Å². The summed E-state index contributed by atoms with van der Waals surface area (Å²) < 4.78 is 16.5. The first-order chi connectivity index (χ1) is 5.18. The van der Waals surface area contributed by atoms with E-state index in [4.69, 9.17) is 10.0 Å². The molecule has 0 radical (unpaired) electrons. The Morgan fingerprint density at radius 1 is 1.45 bits per heavy atom. The standard InChI is InChI=1S/C5H5BFNO3/c7-4-1-2-5(8-3-4)11-6(9)10/h1-3,9-10H. The summed E-state index contributed by atoms with van der Waals surface area (Å²) in [5.74, 6) is -0.550. The lowest BCUT2D eigenvalue weighted by atomic mass is 10.3. The number of rotatable bonds is 2. The van der Waals surface area contributed by atoms with Gasteiger partial charge < -0.3 is 14.7 Å². The minimum absolute atomic E-state index is 0.0404. The molecule has 1 aromatic rings. The van der Waals surface area contributed by atoms with Gasteiger partial charge in [-0.2, -0.15) is 0 Å². The van der Waals surface area contributed by atoms with Crippen LogP contribution in [0.4, 0.5) is 4.39 Å². The molecule has 0 aliphatic carbocycles. The van der Waals surface area contributed by atoms with E-state index in [1.807, 2.05) is 0 Å². The van der Waals surface area contributed by atoms with E-state index in [9.17, 15) is 4.39 Å². The second-order valence-corrected chi connectivity index (χ2v) is 1.76. The van der Waals surface area contributed by atoms with Crippen molar-refractivity contribution in [2.45, 2.75) is 0 Å². The smallest absolute Gasteiger partial charge is 0.498 e. The molecule has 0 aliphatic heterocycles. The average molecular weight is 157 g/mol. The van der Waals surface area contributed by atoms with Crippen LogP contribution in [0, 0.1) is 5.82 Å². The van der Waals surface area contributed by atoms with Gasteiger partial charge in [-0.05, 0) is 6.07 Å². The molecule has 0 amide bonds. The number of pyridine rings is 1. The fourth-order valence-corrected chi connectivity index (χ4v) is 0.540. The van der Waals surface area contributed by atoms with Crippen LogP contribution in [-0.4, -0.2) is 22.4 Å². The van der Waals surface area contributed by atoms with Crippen molar-refractivity contribution in [3.8, 4) is 5.88 Å². The molecule has 0 bridgehead atoms. The normalized spacial score (nSPS) is 9.36. The molecule has 0 unspecified atom stereocenters. The van der Waals surface area contributed by atoms with E-state index in [0.29, 0.717) is 0 Å². The number of halogens is 1. The molecule has 1 rings (SSSR count). The maximum atomic E-state index is 12.2. The Hall–Kier alpha value is -1.14. The summed E-state index contributed by atoms with van der Waals surface area (Å²) in [7, 11) is -1.92. The molecule has 0 aliphatic rings. The van der Waals surface area contributed by atoms with Crippen molar-refractivity contribution < 1.29 is 19.1 Å². The quantitative estimate of drug-likeness (QED) is 0.571. The third kappa shape index (κ3) is 2.52. The Kier molecular flexibility index (Phi) is 2.40. The monoisotopic (exact) mass is 157 g/mol. The second-order valence-electron chi connectivity index (χ2n) is 1.76. The van der Waals surface area contributed by atoms with Gasteiger partial charge in [-0.15, -0.1) is 0 Å². The molecule has 0 spiro atoms. The van der Waals surface area contributed by atoms with Crippen molar-refractivity contribution in [1.29, 1.82) is 0 Å². The van der Waals surface area contributed by atoms with Crippen molar-refractivity contribution in [2.24, 2.45) is 0 Å². The Morgan fingerprint density at radius 2 is 2.18 bits per heavy atom. The van der Waals surface area contributed by atoms with Crippen molar-refractivity contribution >= 4 is 7.32 Å². The van der Waals surface area contributed by atoms with Gasteiger partial charge in [-0.25, -0.2) is 9.37 Å². The van der Waals surface area contributed by atoms with E-state index in [2.05, 4.69) is 9.64 Å². The molecular weight excluding hydrogens is 152 g/mol. The van der Waals surface area contributed by atoms with Gasteiger partial charge in [0.2, 0.25) is 0 Å². The molecule has 0 atom stereocenters. The molecule has 1 heterocycles. The predicted octanol–water partition coefficient (Wildman–Crippen LogP) is -0.431. The largest absolute Gasteiger partial charge is 0.708 e. The highest BCUT2D eigenvalue weighted by molar-refractivity contribution is 6.33. The summed E-state index contributed by atoms with van der Waals surface area (Å²) in [6, 6.07) is 2.29. The van der Waals surface area contributed by atoms with E-state index in [0.717, 1.165) is 12.3 Å². The molecule has 1 aromatic heterocycles. The van der Waals surface area contributed by atoms with Gasteiger partial charge in [-0.1, -0.05) is 0 Å². The number of nitrogens with zero attached hydrogens (tertiary/aromatic N) is 1. The van der Waals surface area contributed by atoms with E-state index in [-0.39, 0.29) is 5.88 Å². The van der Waals surface area contributed by atoms with Crippen molar-refractivity contribution in [2.75, 3.05) is 0 Å².